The fourth-order valence-corrected chi connectivity index (χ4v) is 5.27. The maximum Gasteiger partial charge on any atom is 0.299 e. The van der Waals surface area contributed by atoms with Gasteiger partial charge >= 0.3 is 0 Å². The number of hydrogen-bond acceptors (Lipinski definition) is 11. The van der Waals surface area contributed by atoms with Crippen molar-refractivity contribution in [2.45, 2.75) is 37.8 Å². The van der Waals surface area contributed by atoms with Crippen LogP contribution in [-0.2, 0) is 23.8 Å². The van der Waals surface area contributed by atoms with Crippen molar-refractivity contribution < 1.29 is 31.3 Å². The van der Waals surface area contributed by atoms with Crippen molar-refractivity contribution in [2.75, 3.05) is 31.0 Å². The van der Waals surface area contributed by atoms with E-state index in [1.54, 1.807) is 49.6 Å². The van der Waals surface area contributed by atoms with Gasteiger partial charge in [0.1, 0.15) is 30.3 Å². The summed E-state index contributed by atoms with van der Waals surface area (Å²) in [7, 11) is -2.82. The maximum atomic E-state index is 15.1. The number of carbonyl (C=O) groups excluding carboxylic acids is 1. The van der Waals surface area contributed by atoms with Crippen LogP contribution in [0.1, 0.15) is 37.3 Å². The molecule has 0 saturated carbocycles. The van der Waals surface area contributed by atoms with Crippen LogP contribution in [0.4, 0.5) is 21.6 Å². The van der Waals surface area contributed by atoms with E-state index in [1.165, 1.54) is 30.7 Å². The number of benzene rings is 3. The number of nitrogens with one attached hydrogen (secondary N) is 2. The van der Waals surface area contributed by atoms with Crippen LogP contribution in [0.15, 0.2) is 78.1 Å². The van der Waals surface area contributed by atoms with Gasteiger partial charge in [0, 0.05) is 30.6 Å². The number of hydrogen-bond donors (Lipinski definition) is 2. The summed E-state index contributed by atoms with van der Waals surface area (Å²) in [5.41, 5.74) is 2.62. The average molecular weight is 650 g/mol. The molecule has 2 heterocycles. The zero-order chi connectivity index (χ0) is 32.8. The smallest absolute Gasteiger partial charge is 0.299 e. The van der Waals surface area contributed by atoms with Gasteiger partial charge in [0.25, 0.3) is 16.0 Å². The highest BCUT2D eigenvalue weighted by Crippen LogP contribution is 2.30. The molecule has 0 aliphatic rings. The SMILES string of the molecule is COCCOc1cc(F)c2c(Nc3ccc(NC(=O)C(OS(=O)(=O)c4ccc(C)cc4)n4cc(C(C)C)nn4)cc3)ncnc2c1. The van der Waals surface area contributed by atoms with Gasteiger partial charge in [-0.05, 0) is 49.2 Å². The van der Waals surface area contributed by atoms with E-state index in [0.29, 0.717) is 34.9 Å². The fourth-order valence-electron chi connectivity index (χ4n) is 4.27. The number of nitrogens with zero attached hydrogens (tertiary/aromatic N) is 5. The second-order valence-corrected chi connectivity index (χ2v) is 12.1. The van der Waals surface area contributed by atoms with E-state index in [4.69, 9.17) is 13.7 Å². The number of aromatic nitrogens is 5. The molecular weight excluding hydrogens is 617 g/mol. The Hall–Kier alpha value is -4.99. The van der Waals surface area contributed by atoms with E-state index >= 15 is 4.39 Å². The molecule has 13 nitrogen and oxygen atoms in total. The van der Waals surface area contributed by atoms with E-state index < -0.39 is 28.1 Å². The van der Waals surface area contributed by atoms with Gasteiger partial charge in [-0.3, -0.25) is 4.79 Å². The molecule has 0 aliphatic carbocycles. The van der Waals surface area contributed by atoms with Gasteiger partial charge < -0.3 is 20.1 Å². The lowest BCUT2D eigenvalue weighted by Gasteiger charge is -2.17. The first-order valence-corrected chi connectivity index (χ1v) is 15.6. The number of halogens is 1. The summed E-state index contributed by atoms with van der Waals surface area (Å²) in [4.78, 5) is 21.7. The highest BCUT2D eigenvalue weighted by molar-refractivity contribution is 7.86. The van der Waals surface area contributed by atoms with Crippen LogP contribution >= 0.6 is 0 Å². The number of anilines is 3. The van der Waals surface area contributed by atoms with E-state index in [9.17, 15) is 13.2 Å². The van der Waals surface area contributed by atoms with Gasteiger partial charge in [0.15, 0.2) is 0 Å². The van der Waals surface area contributed by atoms with Crippen LogP contribution in [0.3, 0.4) is 0 Å². The Morgan fingerprint density at radius 2 is 1.72 bits per heavy atom. The molecule has 0 bridgehead atoms. The summed E-state index contributed by atoms with van der Waals surface area (Å²) >= 11 is 0. The minimum atomic E-state index is -4.36. The average Bonchev–Trinajstić information content (AvgIpc) is 3.52. The van der Waals surface area contributed by atoms with Crippen LogP contribution in [0, 0.1) is 12.7 Å². The number of rotatable bonds is 13. The molecule has 0 radical (unpaired) electrons. The molecule has 5 rings (SSSR count). The molecule has 1 unspecified atom stereocenters. The van der Waals surface area contributed by atoms with Crippen molar-refractivity contribution in [1.82, 2.24) is 25.0 Å². The number of carbonyl (C=O) groups is 1. The van der Waals surface area contributed by atoms with Crippen LogP contribution in [0.25, 0.3) is 10.9 Å². The Bertz CT molecular complexity index is 1930. The molecule has 1 atom stereocenters. The summed E-state index contributed by atoms with van der Waals surface area (Å²) in [5.74, 6) is -0.860. The maximum absolute atomic E-state index is 15.1. The predicted octanol–water partition coefficient (Wildman–Crippen LogP) is 5.10. The predicted molar refractivity (Wildman–Crippen MR) is 168 cm³/mol. The van der Waals surface area contributed by atoms with Crippen molar-refractivity contribution in [3.8, 4) is 5.75 Å². The third-order valence-corrected chi connectivity index (χ3v) is 8.03. The van der Waals surface area contributed by atoms with Crippen molar-refractivity contribution in [2.24, 2.45) is 0 Å². The second-order valence-electron chi connectivity index (χ2n) is 10.5. The number of methoxy groups -OCH3 is 1. The van der Waals surface area contributed by atoms with E-state index in [-0.39, 0.29) is 28.6 Å². The molecule has 0 fully saturated rings. The normalized spacial score (nSPS) is 12.3. The molecule has 2 N–H and O–H groups in total. The Morgan fingerprint density at radius 3 is 2.39 bits per heavy atom. The summed E-state index contributed by atoms with van der Waals surface area (Å²) in [6, 6.07) is 15.3. The highest BCUT2D eigenvalue weighted by Gasteiger charge is 2.31. The van der Waals surface area contributed by atoms with Gasteiger partial charge in [0.05, 0.1) is 34.3 Å². The molecule has 5 aromatic rings. The number of fused-ring (bicyclic) bond motifs is 1. The van der Waals surface area contributed by atoms with Crippen LogP contribution in [0.2, 0.25) is 0 Å². The van der Waals surface area contributed by atoms with Crippen LogP contribution in [0.5, 0.6) is 5.75 Å². The van der Waals surface area contributed by atoms with Crippen molar-refractivity contribution >= 4 is 44.1 Å². The molecule has 240 valence electrons. The van der Waals surface area contributed by atoms with Crippen LogP contribution in [-0.4, -0.2) is 59.6 Å². The van der Waals surface area contributed by atoms with Crippen molar-refractivity contribution in [3.63, 3.8) is 0 Å². The molecule has 1 amide bonds. The zero-order valence-corrected chi connectivity index (χ0v) is 26.3. The Balaban J connectivity index is 1.34. The van der Waals surface area contributed by atoms with Gasteiger partial charge in [-0.25, -0.2) is 23.2 Å². The first-order valence-electron chi connectivity index (χ1n) is 14.2. The molecule has 2 aromatic heterocycles. The minimum absolute atomic E-state index is 0.0250. The van der Waals surface area contributed by atoms with Crippen molar-refractivity contribution in [3.05, 3.63) is 90.3 Å². The zero-order valence-electron chi connectivity index (χ0n) is 25.5. The molecule has 3 aromatic carbocycles. The molecule has 46 heavy (non-hydrogen) atoms. The van der Waals surface area contributed by atoms with Crippen molar-refractivity contribution in [1.29, 1.82) is 0 Å². The van der Waals surface area contributed by atoms with E-state index in [1.807, 2.05) is 20.8 Å². The Morgan fingerprint density at radius 1 is 1.00 bits per heavy atom. The first-order chi connectivity index (χ1) is 22.0. The highest BCUT2D eigenvalue weighted by atomic mass is 32.2. The van der Waals surface area contributed by atoms with Gasteiger partial charge in [-0.15, -0.1) is 5.10 Å². The topological polar surface area (TPSA) is 159 Å². The number of ether oxygens (including phenoxy) is 2. The lowest BCUT2D eigenvalue weighted by atomic mass is 10.2. The fraction of sp³-hybridized carbons (Fsp3) is 0.258. The first kappa shape index (κ1) is 32.4. The van der Waals surface area contributed by atoms with Gasteiger partial charge in [-0.2, -0.15) is 8.42 Å². The number of aryl methyl sites for hydroxylation is 1. The summed E-state index contributed by atoms with van der Waals surface area (Å²) in [5, 5.41) is 13.9. The lowest BCUT2D eigenvalue weighted by molar-refractivity contribution is -0.127. The summed E-state index contributed by atoms with van der Waals surface area (Å²) in [6.07, 6.45) is 1.08. The molecule has 0 saturated heterocycles. The lowest BCUT2D eigenvalue weighted by Crippen LogP contribution is -2.31. The second kappa shape index (κ2) is 14.0. The molecule has 0 spiro atoms. The van der Waals surface area contributed by atoms with Gasteiger partial charge in [0.2, 0.25) is 6.23 Å². The Labute approximate surface area is 264 Å². The third-order valence-electron chi connectivity index (χ3n) is 6.75. The van der Waals surface area contributed by atoms with E-state index in [2.05, 4.69) is 30.9 Å². The monoisotopic (exact) mass is 649 g/mol. The summed E-state index contributed by atoms with van der Waals surface area (Å²) < 4.78 is 58.3. The largest absolute Gasteiger partial charge is 0.491 e. The quantitative estimate of drug-likeness (QED) is 0.129. The molecule has 0 aliphatic heterocycles. The van der Waals surface area contributed by atoms with E-state index in [0.717, 1.165) is 10.2 Å². The standard InChI is InChI=1S/C31H32FN7O6S/c1-19(2)27-17-39(38-37-27)31(45-46(41,42)24-11-5-20(3)6-12-24)30(40)36-22-9-7-21(8-10-22)35-29-28-25(32)15-23(44-14-13-43-4)16-26(28)33-18-34-29/h5-12,15-19,31H,13-14H2,1-4H3,(H,36,40)(H,33,34,35). The summed E-state index contributed by atoms with van der Waals surface area (Å²) in [6.45, 7) is 6.21. The molecule has 15 heteroatoms. The van der Waals surface area contributed by atoms with Crippen LogP contribution < -0.4 is 15.4 Å². The third kappa shape index (κ3) is 7.62. The minimum Gasteiger partial charge on any atom is -0.491 e. The number of amides is 1. The van der Waals surface area contributed by atoms with Gasteiger partial charge in [-0.1, -0.05) is 36.8 Å². The molecular formula is C31H32FN7O6S. The Kier molecular flexibility index (Phi) is 9.84.